The van der Waals surface area contributed by atoms with E-state index in [1.165, 1.54) is 25.3 Å². The van der Waals surface area contributed by atoms with Crippen LogP contribution in [0.15, 0.2) is 30.3 Å². The molecule has 1 atom stereocenters. The highest BCUT2D eigenvalue weighted by Gasteiger charge is 2.21. The summed E-state index contributed by atoms with van der Waals surface area (Å²) in [6.07, 6.45) is 3.05. The smallest absolute Gasteiger partial charge is 0.328 e. The summed E-state index contributed by atoms with van der Waals surface area (Å²) in [5, 5.41) is 2.57. The highest BCUT2D eigenvalue weighted by molar-refractivity contribution is 5.94. The summed E-state index contributed by atoms with van der Waals surface area (Å²) in [6.45, 7) is 3.88. The van der Waals surface area contributed by atoms with Crippen molar-refractivity contribution in [2.24, 2.45) is 5.92 Å². The van der Waals surface area contributed by atoms with Gasteiger partial charge in [0, 0.05) is 11.6 Å². The number of methoxy groups -OCH3 is 1. The number of esters is 1. The second-order valence-corrected chi connectivity index (χ2v) is 5.07. The molecule has 0 aromatic heterocycles. The SMILES string of the molecule is COC(=O)[C@H](CC(C)C)NC(=O)C=Cc1ccccc1F. The number of hydrogen-bond acceptors (Lipinski definition) is 3. The van der Waals surface area contributed by atoms with Gasteiger partial charge in [0.1, 0.15) is 11.9 Å². The summed E-state index contributed by atoms with van der Waals surface area (Å²) in [7, 11) is 1.27. The molecule has 1 aromatic carbocycles. The van der Waals surface area contributed by atoms with Crippen LogP contribution < -0.4 is 5.32 Å². The van der Waals surface area contributed by atoms with Crippen molar-refractivity contribution in [1.82, 2.24) is 5.32 Å². The minimum Gasteiger partial charge on any atom is -0.467 e. The van der Waals surface area contributed by atoms with Crippen LogP contribution in [-0.2, 0) is 14.3 Å². The Bertz CT molecular complexity index is 526. The first-order valence-electron chi connectivity index (χ1n) is 6.75. The van der Waals surface area contributed by atoms with E-state index in [2.05, 4.69) is 10.1 Å². The number of nitrogens with one attached hydrogen (secondary N) is 1. The van der Waals surface area contributed by atoms with Gasteiger partial charge in [-0.05, 0) is 24.5 Å². The van der Waals surface area contributed by atoms with Crippen molar-refractivity contribution in [3.05, 3.63) is 41.7 Å². The van der Waals surface area contributed by atoms with E-state index in [0.29, 0.717) is 12.0 Å². The molecule has 0 fully saturated rings. The van der Waals surface area contributed by atoms with Gasteiger partial charge < -0.3 is 10.1 Å². The van der Waals surface area contributed by atoms with Gasteiger partial charge in [-0.15, -0.1) is 0 Å². The van der Waals surface area contributed by atoms with E-state index in [9.17, 15) is 14.0 Å². The topological polar surface area (TPSA) is 55.4 Å². The van der Waals surface area contributed by atoms with Crippen molar-refractivity contribution in [1.29, 1.82) is 0 Å². The molecule has 0 unspecified atom stereocenters. The third-order valence-corrected chi connectivity index (χ3v) is 2.83. The zero-order valence-electron chi connectivity index (χ0n) is 12.4. The van der Waals surface area contributed by atoms with Gasteiger partial charge in [0.05, 0.1) is 7.11 Å². The van der Waals surface area contributed by atoms with Crippen molar-refractivity contribution in [3.8, 4) is 0 Å². The Hall–Kier alpha value is -2.17. The molecule has 0 spiro atoms. The number of hydrogen-bond donors (Lipinski definition) is 1. The summed E-state index contributed by atoms with van der Waals surface area (Å²) in [5.74, 6) is -1.14. The minimum atomic E-state index is -0.701. The summed E-state index contributed by atoms with van der Waals surface area (Å²) in [5.41, 5.74) is 0.311. The lowest BCUT2D eigenvalue weighted by Crippen LogP contribution is -2.41. The van der Waals surface area contributed by atoms with Crippen LogP contribution in [-0.4, -0.2) is 25.0 Å². The van der Waals surface area contributed by atoms with Crippen LogP contribution in [0.5, 0.6) is 0 Å². The lowest BCUT2D eigenvalue weighted by Gasteiger charge is -2.17. The molecular weight excluding hydrogens is 273 g/mol. The first kappa shape index (κ1) is 16.9. The summed E-state index contributed by atoms with van der Waals surface area (Å²) < 4.78 is 18.1. The van der Waals surface area contributed by atoms with Crippen molar-refractivity contribution in [2.75, 3.05) is 7.11 Å². The maximum Gasteiger partial charge on any atom is 0.328 e. The van der Waals surface area contributed by atoms with Crippen molar-refractivity contribution >= 4 is 18.0 Å². The third kappa shape index (κ3) is 5.77. The third-order valence-electron chi connectivity index (χ3n) is 2.83. The number of carbonyl (C=O) groups excluding carboxylic acids is 2. The number of benzene rings is 1. The van der Waals surface area contributed by atoms with E-state index < -0.39 is 23.7 Å². The Morgan fingerprint density at radius 2 is 2.00 bits per heavy atom. The second kappa shape index (κ2) is 8.19. The molecule has 5 heteroatoms. The molecular formula is C16H20FNO3. The molecule has 0 bridgehead atoms. The molecule has 21 heavy (non-hydrogen) atoms. The number of rotatable bonds is 6. The second-order valence-electron chi connectivity index (χ2n) is 5.07. The van der Waals surface area contributed by atoms with Gasteiger partial charge in [0.2, 0.25) is 5.91 Å². The average molecular weight is 293 g/mol. The van der Waals surface area contributed by atoms with E-state index in [4.69, 9.17) is 0 Å². The quantitative estimate of drug-likeness (QED) is 0.648. The van der Waals surface area contributed by atoms with Gasteiger partial charge >= 0.3 is 5.97 Å². The monoisotopic (exact) mass is 293 g/mol. The maximum atomic E-state index is 13.4. The zero-order chi connectivity index (χ0) is 15.8. The molecule has 1 amide bonds. The first-order chi connectivity index (χ1) is 9.93. The van der Waals surface area contributed by atoms with Gasteiger partial charge in [-0.25, -0.2) is 9.18 Å². The van der Waals surface area contributed by atoms with Crippen molar-refractivity contribution in [2.45, 2.75) is 26.3 Å². The van der Waals surface area contributed by atoms with Crippen LogP contribution in [0.25, 0.3) is 6.08 Å². The predicted octanol–water partition coefficient (Wildman–Crippen LogP) is 2.54. The van der Waals surface area contributed by atoms with Gasteiger partial charge in [0.15, 0.2) is 0 Å². The number of amides is 1. The van der Waals surface area contributed by atoms with Gasteiger partial charge in [-0.1, -0.05) is 32.0 Å². The lowest BCUT2D eigenvalue weighted by atomic mass is 10.0. The number of halogens is 1. The van der Waals surface area contributed by atoms with Gasteiger partial charge in [-0.2, -0.15) is 0 Å². The van der Waals surface area contributed by atoms with Crippen LogP contribution in [0, 0.1) is 11.7 Å². The van der Waals surface area contributed by atoms with Crippen molar-refractivity contribution < 1.29 is 18.7 Å². The van der Waals surface area contributed by atoms with Crippen molar-refractivity contribution in [3.63, 3.8) is 0 Å². The highest BCUT2D eigenvalue weighted by Crippen LogP contribution is 2.09. The van der Waals surface area contributed by atoms with E-state index in [-0.39, 0.29) is 5.92 Å². The first-order valence-corrected chi connectivity index (χ1v) is 6.75. The zero-order valence-corrected chi connectivity index (χ0v) is 12.4. The molecule has 1 N–H and O–H groups in total. The predicted molar refractivity (Wildman–Crippen MR) is 78.8 cm³/mol. The summed E-state index contributed by atoms with van der Waals surface area (Å²) >= 11 is 0. The molecule has 0 radical (unpaired) electrons. The molecule has 114 valence electrons. The number of ether oxygens (including phenoxy) is 1. The highest BCUT2D eigenvalue weighted by atomic mass is 19.1. The molecule has 0 saturated carbocycles. The fourth-order valence-electron chi connectivity index (χ4n) is 1.82. The molecule has 1 rings (SSSR count). The lowest BCUT2D eigenvalue weighted by molar-refractivity contribution is -0.145. The largest absolute Gasteiger partial charge is 0.467 e. The van der Waals surface area contributed by atoms with E-state index in [1.54, 1.807) is 18.2 Å². The molecule has 0 heterocycles. The van der Waals surface area contributed by atoms with Crippen LogP contribution >= 0.6 is 0 Å². The minimum absolute atomic E-state index is 0.227. The van der Waals surface area contributed by atoms with E-state index >= 15 is 0 Å². The normalized spacial score (nSPS) is 12.4. The van der Waals surface area contributed by atoms with E-state index in [1.807, 2.05) is 13.8 Å². The van der Waals surface area contributed by atoms with Crippen LogP contribution in [0.3, 0.4) is 0 Å². The molecule has 1 aromatic rings. The fourth-order valence-corrected chi connectivity index (χ4v) is 1.82. The Morgan fingerprint density at radius 3 is 2.57 bits per heavy atom. The van der Waals surface area contributed by atoms with Crippen LogP contribution in [0.2, 0.25) is 0 Å². The van der Waals surface area contributed by atoms with Gasteiger partial charge in [-0.3, -0.25) is 4.79 Å². The van der Waals surface area contributed by atoms with Gasteiger partial charge in [0.25, 0.3) is 0 Å². The molecule has 0 aliphatic heterocycles. The summed E-state index contributed by atoms with van der Waals surface area (Å²) in [4.78, 5) is 23.4. The standard InChI is InChI=1S/C16H20FNO3/c1-11(2)10-14(16(20)21-3)18-15(19)9-8-12-6-4-5-7-13(12)17/h4-9,11,14H,10H2,1-3H3,(H,18,19)/t14-/m0/s1. The molecule has 0 saturated heterocycles. The fraction of sp³-hybridized carbons (Fsp3) is 0.375. The number of carbonyl (C=O) groups is 2. The molecule has 0 aliphatic rings. The average Bonchev–Trinajstić information content (AvgIpc) is 2.44. The molecule has 4 nitrogen and oxygen atoms in total. The van der Waals surface area contributed by atoms with Crippen LogP contribution in [0.4, 0.5) is 4.39 Å². The Labute approximate surface area is 124 Å². The Kier molecular flexibility index (Phi) is 6.59. The molecule has 0 aliphatic carbocycles. The Morgan fingerprint density at radius 1 is 1.33 bits per heavy atom. The summed E-state index contributed by atoms with van der Waals surface area (Å²) in [6, 6.07) is 5.42. The Balaban J connectivity index is 2.70. The van der Waals surface area contributed by atoms with Crippen LogP contribution in [0.1, 0.15) is 25.8 Å². The maximum absolute atomic E-state index is 13.4. The van der Waals surface area contributed by atoms with E-state index in [0.717, 1.165) is 0 Å².